The van der Waals surface area contributed by atoms with E-state index in [2.05, 4.69) is 90.0 Å². The van der Waals surface area contributed by atoms with Crippen molar-refractivity contribution in [3.8, 4) is 0 Å². The summed E-state index contributed by atoms with van der Waals surface area (Å²) in [4.78, 5) is 0. The molecule has 0 aromatic carbocycles. The van der Waals surface area contributed by atoms with Crippen LogP contribution in [0.25, 0.3) is 0 Å². The van der Waals surface area contributed by atoms with E-state index in [9.17, 15) is 0 Å². The van der Waals surface area contributed by atoms with Crippen LogP contribution in [0.5, 0.6) is 0 Å². The van der Waals surface area contributed by atoms with Gasteiger partial charge in [0.15, 0.2) is 0 Å². The predicted molar refractivity (Wildman–Crippen MR) is 108 cm³/mol. The lowest BCUT2D eigenvalue weighted by atomic mass is 9.51. The molecular formula is C23H48. The molecule has 6 atom stereocenters. The fourth-order valence-electron chi connectivity index (χ4n) is 4.44. The first kappa shape index (κ1) is 23.0. The van der Waals surface area contributed by atoms with Crippen LogP contribution >= 0.6 is 0 Å². The van der Waals surface area contributed by atoms with E-state index in [1.54, 1.807) is 0 Å². The molecule has 140 valence electrons. The molecule has 0 saturated heterocycles. The van der Waals surface area contributed by atoms with Crippen molar-refractivity contribution in [2.24, 2.45) is 52.3 Å². The molecule has 0 N–H and O–H groups in total. The molecule has 0 nitrogen and oxygen atoms in total. The lowest BCUT2D eigenvalue weighted by Gasteiger charge is -2.53. The van der Waals surface area contributed by atoms with Crippen LogP contribution in [-0.2, 0) is 0 Å². The minimum Gasteiger partial charge on any atom is -0.0651 e. The quantitative estimate of drug-likeness (QED) is 0.404. The van der Waals surface area contributed by atoms with Gasteiger partial charge in [0.05, 0.1) is 0 Å². The summed E-state index contributed by atoms with van der Waals surface area (Å²) in [7, 11) is 0. The maximum absolute atomic E-state index is 2.53. The van der Waals surface area contributed by atoms with Gasteiger partial charge in [-0.15, -0.1) is 0 Å². The molecule has 0 saturated carbocycles. The lowest BCUT2D eigenvalue weighted by molar-refractivity contribution is -0.0501. The summed E-state index contributed by atoms with van der Waals surface area (Å²) in [5, 5.41) is 0. The van der Waals surface area contributed by atoms with E-state index in [-0.39, 0.29) is 0 Å². The molecule has 0 aromatic heterocycles. The van der Waals surface area contributed by atoms with E-state index in [0.29, 0.717) is 10.8 Å². The molecule has 0 aliphatic rings. The van der Waals surface area contributed by atoms with Crippen LogP contribution in [0.2, 0.25) is 0 Å². The Labute approximate surface area is 149 Å². The van der Waals surface area contributed by atoms with Crippen LogP contribution in [-0.4, -0.2) is 0 Å². The van der Waals surface area contributed by atoms with Crippen LogP contribution < -0.4 is 0 Å². The molecule has 0 aliphatic carbocycles. The third-order valence-corrected chi connectivity index (χ3v) is 8.93. The molecule has 0 spiro atoms. The van der Waals surface area contributed by atoms with Crippen LogP contribution in [0.15, 0.2) is 0 Å². The summed E-state index contributed by atoms with van der Waals surface area (Å²) in [6, 6.07) is 0. The average Bonchev–Trinajstić information content (AvgIpc) is 2.49. The summed E-state index contributed by atoms with van der Waals surface area (Å²) >= 11 is 0. The molecule has 0 bridgehead atoms. The van der Waals surface area contributed by atoms with Crippen LogP contribution in [0, 0.1) is 52.3 Å². The van der Waals surface area contributed by atoms with Gasteiger partial charge < -0.3 is 0 Å². The van der Waals surface area contributed by atoms with Gasteiger partial charge in [0.2, 0.25) is 0 Å². The molecule has 23 heavy (non-hydrogen) atoms. The minimum atomic E-state index is 0.334. The molecule has 0 heteroatoms. The molecular weight excluding hydrogens is 276 g/mol. The van der Waals surface area contributed by atoms with Gasteiger partial charge in [0.25, 0.3) is 0 Å². The van der Waals surface area contributed by atoms with Crippen molar-refractivity contribution in [1.82, 2.24) is 0 Å². The summed E-state index contributed by atoms with van der Waals surface area (Å²) in [5.74, 6) is 5.35. The maximum atomic E-state index is 2.53. The zero-order valence-corrected chi connectivity index (χ0v) is 18.7. The highest BCUT2D eigenvalue weighted by Crippen LogP contribution is 2.54. The fraction of sp³-hybridized carbons (Fsp3) is 1.00. The van der Waals surface area contributed by atoms with E-state index in [0.717, 1.165) is 41.4 Å². The van der Waals surface area contributed by atoms with Gasteiger partial charge in [-0.1, -0.05) is 96.4 Å². The molecule has 0 radical (unpaired) electrons. The highest BCUT2D eigenvalue weighted by atomic mass is 14.5. The Bertz CT molecular complexity index is 336. The Morgan fingerprint density at radius 3 is 1.30 bits per heavy atom. The third kappa shape index (κ3) is 4.76. The maximum Gasteiger partial charge on any atom is -0.0272 e. The second-order valence-electron chi connectivity index (χ2n) is 10.2. The van der Waals surface area contributed by atoms with Crippen molar-refractivity contribution in [3.05, 3.63) is 0 Å². The summed E-state index contributed by atoms with van der Waals surface area (Å²) in [6.07, 6.45) is 1.28. The minimum absolute atomic E-state index is 0.334. The normalized spacial score (nSPS) is 21.7. The van der Waals surface area contributed by atoms with Crippen molar-refractivity contribution in [1.29, 1.82) is 0 Å². The van der Waals surface area contributed by atoms with E-state index in [4.69, 9.17) is 0 Å². The van der Waals surface area contributed by atoms with E-state index >= 15 is 0 Å². The predicted octanol–water partition coefficient (Wildman–Crippen LogP) is 7.92. The Morgan fingerprint density at radius 2 is 0.957 bits per heavy atom. The SMILES string of the molecule is CCC(C)C(C)C(C)(C)C(C)(C)C(C)C(C)C(C)C(C)C(C)C. The van der Waals surface area contributed by atoms with Gasteiger partial charge in [0, 0.05) is 0 Å². The highest BCUT2D eigenvalue weighted by molar-refractivity contribution is 4.96. The van der Waals surface area contributed by atoms with Gasteiger partial charge in [0.1, 0.15) is 0 Å². The fourth-order valence-corrected chi connectivity index (χ4v) is 4.44. The monoisotopic (exact) mass is 324 g/mol. The highest BCUT2D eigenvalue weighted by Gasteiger charge is 2.47. The zero-order valence-electron chi connectivity index (χ0n) is 18.7. The molecule has 0 heterocycles. The second kappa shape index (κ2) is 8.39. The second-order valence-corrected chi connectivity index (χ2v) is 10.2. The number of hydrogen-bond acceptors (Lipinski definition) is 0. The Kier molecular flexibility index (Phi) is 8.39. The average molecular weight is 325 g/mol. The van der Waals surface area contributed by atoms with Crippen LogP contribution in [0.1, 0.15) is 96.4 Å². The zero-order chi connectivity index (χ0) is 18.7. The first-order valence-corrected chi connectivity index (χ1v) is 10.2. The summed E-state index contributed by atoms with van der Waals surface area (Å²) in [6.45, 7) is 32.0. The summed E-state index contributed by atoms with van der Waals surface area (Å²) < 4.78 is 0. The van der Waals surface area contributed by atoms with Gasteiger partial charge in [-0.05, 0) is 52.3 Å². The topological polar surface area (TPSA) is 0 Å². The smallest absolute Gasteiger partial charge is 0.0272 e. The van der Waals surface area contributed by atoms with Crippen molar-refractivity contribution < 1.29 is 0 Å². The molecule has 0 aliphatic heterocycles. The van der Waals surface area contributed by atoms with Gasteiger partial charge in [-0.2, -0.15) is 0 Å². The Hall–Kier alpha value is 0. The molecule has 0 aromatic rings. The molecule has 0 rings (SSSR count). The molecule has 0 fully saturated rings. The standard InChI is InChI=1S/C23H48/c1-14-16(4)20(8)22(10,11)23(12,13)21(9)19(7)18(6)17(5)15(2)3/h15-21H,14H2,1-13H3. The first-order valence-electron chi connectivity index (χ1n) is 10.2. The van der Waals surface area contributed by atoms with Crippen molar-refractivity contribution in [2.45, 2.75) is 96.4 Å². The van der Waals surface area contributed by atoms with Crippen LogP contribution in [0.3, 0.4) is 0 Å². The van der Waals surface area contributed by atoms with Gasteiger partial charge in [-0.25, -0.2) is 0 Å². The van der Waals surface area contributed by atoms with E-state index < -0.39 is 0 Å². The lowest BCUT2D eigenvalue weighted by Crippen LogP contribution is -2.47. The van der Waals surface area contributed by atoms with Crippen molar-refractivity contribution in [3.63, 3.8) is 0 Å². The Balaban J connectivity index is 5.39. The van der Waals surface area contributed by atoms with Crippen molar-refractivity contribution in [2.75, 3.05) is 0 Å². The molecule has 0 amide bonds. The van der Waals surface area contributed by atoms with Crippen LogP contribution in [0.4, 0.5) is 0 Å². The third-order valence-electron chi connectivity index (χ3n) is 8.93. The van der Waals surface area contributed by atoms with Gasteiger partial charge >= 0.3 is 0 Å². The Morgan fingerprint density at radius 1 is 0.565 bits per heavy atom. The molecule has 6 unspecified atom stereocenters. The van der Waals surface area contributed by atoms with Gasteiger partial charge in [-0.3, -0.25) is 0 Å². The van der Waals surface area contributed by atoms with E-state index in [1.807, 2.05) is 0 Å². The van der Waals surface area contributed by atoms with Crippen molar-refractivity contribution >= 4 is 0 Å². The van der Waals surface area contributed by atoms with E-state index in [1.165, 1.54) is 6.42 Å². The largest absolute Gasteiger partial charge is 0.0651 e. The first-order chi connectivity index (χ1) is 10.2. The number of rotatable bonds is 9. The summed E-state index contributed by atoms with van der Waals surface area (Å²) in [5.41, 5.74) is 0.678. The number of hydrogen-bond donors (Lipinski definition) is 0.